The van der Waals surface area contributed by atoms with Crippen molar-refractivity contribution in [3.63, 3.8) is 0 Å². The molecule has 98 valence electrons. The van der Waals surface area contributed by atoms with Gasteiger partial charge in [0.2, 0.25) is 0 Å². The number of rotatable bonds is 1. The maximum absolute atomic E-state index is 3.74. The van der Waals surface area contributed by atoms with Gasteiger partial charge >= 0.3 is 0 Å². The molecule has 0 atom stereocenters. The largest absolute Gasteiger partial charge is 0.385 e. The minimum absolute atomic E-state index is 1.11. The molecule has 0 spiro atoms. The second kappa shape index (κ2) is 5.10. The SMILES string of the molecule is CN1CCN(c2cc3c(cc2Br)CCCN3)CC1. The fraction of sp³-hybridized carbons (Fsp3) is 0.571. The number of aryl methyl sites for hydroxylation is 1. The molecule has 1 aromatic carbocycles. The van der Waals surface area contributed by atoms with Crippen molar-refractivity contribution in [3.05, 3.63) is 22.2 Å². The second-order valence-corrected chi connectivity index (χ2v) is 6.14. The predicted octanol–water partition coefficient (Wildman–Crippen LogP) is 2.56. The van der Waals surface area contributed by atoms with Gasteiger partial charge < -0.3 is 15.1 Å². The molecule has 4 heteroatoms. The first-order valence-corrected chi connectivity index (χ1v) is 7.53. The summed E-state index contributed by atoms with van der Waals surface area (Å²) in [6.45, 7) is 5.65. The van der Waals surface area contributed by atoms with Gasteiger partial charge in [0, 0.05) is 42.9 Å². The van der Waals surface area contributed by atoms with Gasteiger partial charge in [0.15, 0.2) is 0 Å². The first-order chi connectivity index (χ1) is 8.74. The molecule has 18 heavy (non-hydrogen) atoms. The summed E-state index contributed by atoms with van der Waals surface area (Å²) in [5.41, 5.74) is 4.13. The van der Waals surface area contributed by atoms with Crippen LogP contribution in [0.3, 0.4) is 0 Å². The van der Waals surface area contributed by atoms with Crippen LogP contribution in [0.1, 0.15) is 12.0 Å². The molecule has 2 aliphatic heterocycles. The fourth-order valence-electron chi connectivity index (χ4n) is 2.77. The molecule has 1 saturated heterocycles. The average Bonchev–Trinajstić information content (AvgIpc) is 2.39. The maximum atomic E-state index is 3.74. The average molecular weight is 310 g/mol. The molecule has 0 radical (unpaired) electrons. The number of benzene rings is 1. The highest BCUT2D eigenvalue weighted by atomic mass is 79.9. The molecule has 1 fully saturated rings. The standard InChI is InChI=1S/C14H20BrN3/c1-17-5-7-18(8-6-17)14-10-13-11(9-12(14)15)3-2-4-16-13/h9-10,16H,2-8H2,1H3. The number of piperazine rings is 1. The smallest absolute Gasteiger partial charge is 0.0532 e. The normalized spacial score (nSPS) is 20.4. The van der Waals surface area contributed by atoms with E-state index in [1.165, 1.54) is 34.3 Å². The van der Waals surface area contributed by atoms with E-state index in [1.54, 1.807) is 0 Å². The van der Waals surface area contributed by atoms with Gasteiger partial charge in [-0.15, -0.1) is 0 Å². The third-order valence-electron chi connectivity index (χ3n) is 3.95. The first-order valence-electron chi connectivity index (χ1n) is 6.74. The second-order valence-electron chi connectivity index (χ2n) is 5.28. The zero-order chi connectivity index (χ0) is 12.5. The minimum Gasteiger partial charge on any atom is -0.385 e. The fourth-order valence-corrected chi connectivity index (χ4v) is 3.41. The summed E-state index contributed by atoms with van der Waals surface area (Å²) < 4.78 is 1.24. The van der Waals surface area contributed by atoms with Crippen molar-refractivity contribution in [3.8, 4) is 0 Å². The molecule has 0 aliphatic carbocycles. The van der Waals surface area contributed by atoms with Crippen LogP contribution in [0, 0.1) is 0 Å². The van der Waals surface area contributed by atoms with Crippen LogP contribution in [0.4, 0.5) is 11.4 Å². The van der Waals surface area contributed by atoms with Gasteiger partial charge in [-0.2, -0.15) is 0 Å². The van der Waals surface area contributed by atoms with Gasteiger partial charge in [-0.25, -0.2) is 0 Å². The van der Waals surface area contributed by atoms with Gasteiger partial charge in [-0.05, 0) is 53.5 Å². The molecule has 1 aromatic rings. The monoisotopic (exact) mass is 309 g/mol. The van der Waals surface area contributed by atoms with Crippen molar-refractivity contribution < 1.29 is 0 Å². The van der Waals surface area contributed by atoms with Crippen molar-refractivity contribution in [2.75, 3.05) is 50.0 Å². The Morgan fingerprint density at radius 3 is 2.72 bits per heavy atom. The molecule has 3 rings (SSSR count). The zero-order valence-electron chi connectivity index (χ0n) is 10.9. The van der Waals surface area contributed by atoms with E-state index in [0.29, 0.717) is 0 Å². The lowest BCUT2D eigenvalue weighted by Gasteiger charge is -2.35. The van der Waals surface area contributed by atoms with Crippen LogP contribution in [0.25, 0.3) is 0 Å². The number of hydrogen-bond acceptors (Lipinski definition) is 3. The van der Waals surface area contributed by atoms with Gasteiger partial charge in [-0.1, -0.05) is 0 Å². The summed E-state index contributed by atoms with van der Waals surface area (Å²) in [4.78, 5) is 4.88. The molecule has 0 bridgehead atoms. The van der Waals surface area contributed by atoms with Crippen LogP contribution < -0.4 is 10.2 Å². The highest BCUT2D eigenvalue weighted by Crippen LogP contribution is 2.35. The maximum Gasteiger partial charge on any atom is 0.0532 e. The number of nitrogens with one attached hydrogen (secondary N) is 1. The van der Waals surface area contributed by atoms with Crippen LogP contribution in [-0.4, -0.2) is 44.7 Å². The summed E-state index contributed by atoms with van der Waals surface area (Å²) in [7, 11) is 2.20. The first kappa shape index (κ1) is 12.3. The van der Waals surface area contributed by atoms with Gasteiger partial charge in [0.05, 0.1) is 5.69 Å². The Kier molecular flexibility index (Phi) is 3.48. The molecule has 0 unspecified atom stereocenters. The minimum atomic E-state index is 1.11. The quantitative estimate of drug-likeness (QED) is 0.860. The highest BCUT2D eigenvalue weighted by molar-refractivity contribution is 9.10. The summed E-state index contributed by atoms with van der Waals surface area (Å²) in [6.07, 6.45) is 2.44. The van der Waals surface area contributed by atoms with E-state index in [0.717, 1.165) is 32.7 Å². The molecule has 1 N–H and O–H groups in total. The van der Waals surface area contributed by atoms with Crippen LogP contribution in [0.2, 0.25) is 0 Å². The Hall–Kier alpha value is -0.740. The van der Waals surface area contributed by atoms with E-state index in [-0.39, 0.29) is 0 Å². The van der Waals surface area contributed by atoms with Crippen molar-refractivity contribution in [1.29, 1.82) is 0 Å². The predicted molar refractivity (Wildman–Crippen MR) is 80.7 cm³/mol. The Balaban J connectivity index is 1.87. The molecule has 3 nitrogen and oxygen atoms in total. The lowest BCUT2D eigenvalue weighted by atomic mass is 10.0. The summed E-state index contributed by atoms with van der Waals surface area (Å²) >= 11 is 3.74. The Bertz CT molecular complexity index is 439. The van der Waals surface area contributed by atoms with Gasteiger partial charge in [0.1, 0.15) is 0 Å². The van der Waals surface area contributed by atoms with E-state index >= 15 is 0 Å². The number of nitrogens with zero attached hydrogens (tertiary/aromatic N) is 2. The number of hydrogen-bond donors (Lipinski definition) is 1. The van der Waals surface area contributed by atoms with Crippen LogP contribution >= 0.6 is 15.9 Å². The van der Waals surface area contributed by atoms with Crippen LogP contribution in [0.5, 0.6) is 0 Å². The van der Waals surface area contributed by atoms with Gasteiger partial charge in [0.25, 0.3) is 0 Å². The molecule has 0 aromatic heterocycles. The van der Waals surface area contributed by atoms with E-state index < -0.39 is 0 Å². The number of halogens is 1. The molecule has 0 amide bonds. The summed E-state index contributed by atoms with van der Waals surface area (Å²) in [6, 6.07) is 4.62. The van der Waals surface area contributed by atoms with Crippen LogP contribution in [0.15, 0.2) is 16.6 Å². The van der Waals surface area contributed by atoms with Crippen LogP contribution in [-0.2, 0) is 6.42 Å². The molecular formula is C14H20BrN3. The third kappa shape index (κ3) is 2.36. The van der Waals surface area contributed by atoms with E-state index in [1.807, 2.05) is 0 Å². The molecule has 2 aliphatic rings. The number of likely N-dealkylation sites (N-methyl/N-ethyl adjacent to an activating group) is 1. The van der Waals surface area contributed by atoms with E-state index in [9.17, 15) is 0 Å². The lowest BCUT2D eigenvalue weighted by Crippen LogP contribution is -2.44. The Labute approximate surface area is 117 Å². The van der Waals surface area contributed by atoms with E-state index in [4.69, 9.17) is 0 Å². The summed E-state index contributed by atoms with van der Waals surface area (Å²) in [5.74, 6) is 0. The van der Waals surface area contributed by atoms with Gasteiger partial charge in [-0.3, -0.25) is 0 Å². The molecule has 0 saturated carbocycles. The zero-order valence-corrected chi connectivity index (χ0v) is 12.5. The van der Waals surface area contributed by atoms with Crippen molar-refractivity contribution in [2.24, 2.45) is 0 Å². The topological polar surface area (TPSA) is 18.5 Å². The highest BCUT2D eigenvalue weighted by Gasteiger charge is 2.19. The van der Waals surface area contributed by atoms with Crippen molar-refractivity contribution in [1.82, 2.24) is 4.90 Å². The Morgan fingerprint density at radius 1 is 1.17 bits per heavy atom. The van der Waals surface area contributed by atoms with Crippen molar-refractivity contribution in [2.45, 2.75) is 12.8 Å². The van der Waals surface area contributed by atoms with E-state index in [2.05, 4.69) is 50.2 Å². The summed E-state index contributed by atoms with van der Waals surface area (Å²) in [5, 5.41) is 3.52. The number of anilines is 2. The Morgan fingerprint density at radius 2 is 1.94 bits per heavy atom. The van der Waals surface area contributed by atoms with Crippen molar-refractivity contribution >= 4 is 27.3 Å². The number of fused-ring (bicyclic) bond motifs is 1. The molecular weight excluding hydrogens is 290 g/mol. The lowest BCUT2D eigenvalue weighted by molar-refractivity contribution is 0.312. The molecule has 2 heterocycles. The third-order valence-corrected chi connectivity index (χ3v) is 4.59.